The van der Waals surface area contributed by atoms with E-state index in [1.165, 1.54) is 18.4 Å². The van der Waals surface area contributed by atoms with Crippen molar-refractivity contribution in [2.24, 2.45) is 5.92 Å². The van der Waals surface area contributed by atoms with Gasteiger partial charge in [-0.05, 0) is 44.2 Å². The van der Waals surface area contributed by atoms with Crippen LogP contribution in [0.3, 0.4) is 0 Å². The van der Waals surface area contributed by atoms with Gasteiger partial charge in [-0.15, -0.1) is 0 Å². The van der Waals surface area contributed by atoms with Gasteiger partial charge in [0, 0.05) is 23.2 Å². The monoisotopic (exact) mass is 348 g/mol. The smallest absolute Gasteiger partial charge is 0.0645 e. The lowest BCUT2D eigenvalue weighted by Crippen LogP contribution is -2.31. The lowest BCUT2D eigenvalue weighted by atomic mass is 9.79. The fraction of sp³-hybridized carbons (Fsp3) is 0.471. The summed E-state index contributed by atoms with van der Waals surface area (Å²) in [5, 5.41) is 4.47. The number of hydrogen-bond acceptors (Lipinski definition) is 2. The predicted octanol–water partition coefficient (Wildman–Crippen LogP) is 4.51. The van der Waals surface area contributed by atoms with Crippen LogP contribution in [0.15, 0.2) is 42.7 Å². The van der Waals surface area contributed by atoms with Gasteiger partial charge in [0.15, 0.2) is 0 Å². The van der Waals surface area contributed by atoms with Gasteiger partial charge in [0.2, 0.25) is 0 Å². The van der Waals surface area contributed by atoms with Gasteiger partial charge in [0.05, 0.1) is 18.0 Å². The summed E-state index contributed by atoms with van der Waals surface area (Å²) in [5.41, 5.74) is 2.35. The molecular weight excluding hydrogens is 328 g/mol. The molecule has 3 rings (SSSR count). The first-order valence-corrected chi connectivity index (χ1v) is 8.53. The van der Waals surface area contributed by atoms with Crippen LogP contribution in [0.1, 0.15) is 36.6 Å². The first-order chi connectivity index (χ1) is 10.3. The molecule has 1 aromatic heterocycles. The van der Waals surface area contributed by atoms with Crippen molar-refractivity contribution in [2.75, 3.05) is 6.61 Å². The van der Waals surface area contributed by atoms with Crippen molar-refractivity contribution in [1.82, 2.24) is 9.78 Å². The number of nitrogens with zero attached hydrogens (tertiary/aromatic N) is 2. The first kappa shape index (κ1) is 14.8. The Bertz CT molecular complexity index is 563. The maximum Gasteiger partial charge on any atom is 0.0645 e. The molecule has 1 aliphatic carbocycles. The van der Waals surface area contributed by atoms with Crippen LogP contribution in [0.5, 0.6) is 0 Å². The number of hydrogen-bond donors (Lipinski definition) is 0. The summed E-state index contributed by atoms with van der Waals surface area (Å²) in [6.45, 7) is 2.90. The molecule has 21 heavy (non-hydrogen) atoms. The summed E-state index contributed by atoms with van der Waals surface area (Å²) in [5.74, 6) is 0.769. The number of ether oxygens (including phenoxy) is 1. The van der Waals surface area contributed by atoms with E-state index >= 15 is 0 Å². The largest absolute Gasteiger partial charge is 0.378 e. The molecule has 1 unspecified atom stereocenters. The van der Waals surface area contributed by atoms with Gasteiger partial charge in [-0.3, -0.25) is 0 Å². The van der Waals surface area contributed by atoms with Crippen LogP contribution in [0.25, 0.3) is 5.69 Å². The summed E-state index contributed by atoms with van der Waals surface area (Å²) in [7, 11) is 0. The van der Waals surface area contributed by atoms with E-state index < -0.39 is 0 Å². The summed E-state index contributed by atoms with van der Waals surface area (Å²) in [4.78, 5) is 0.377. The molecule has 0 N–H and O–H groups in total. The van der Waals surface area contributed by atoms with E-state index in [0.29, 0.717) is 10.9 Å². The predicted molar refractivity (Wildman–Crippen MR) is 88.0 cm³/mol. The van der Waals surface area contributed by atoms with Crippen molar-refractivity contribution < 1.29 is 4.74 Å². The number of benzene rings is 1. The van der Waals surface area contributed by atoms with E-state index in [0.717, 1.165) is 24.6 Å². The fourth-order valence-electron chi connectivity index (χ4n) is 2.89. The van der Waals surface area contributed by atoms with E-state index in [-0.39, 0.29) is 0 Å². The molecule has 1 atom stereocenters. The Morgan fingerprint density at radius 2 is 2.10 bits per heavy atom. The van der Waals surface area contributed by atoms with Gasteiger partial charge < -0.3 is 4.74 Å². The molecule has 0 aliphatic heterocycles. The number of halogens is 1. The third kappa shape index (κ3) is 3.55. The average molecular weight is 349 g/mol. The van der Waals surface area contributed by atoms with Crippen molar-refractivity contribution in [3.05, 3.63) is 48.3 Å². The van der Waals surface area contributed by atoms with Crippen LogP contribution in [0, 0.1) is 5.92 Å². The molecule has 1 aliphatic rings. The maximum atomic E-state index is 5.63. The van der Waals surface area contributed by atoms with E-state index in [4.69, 9.17) is 4.74 Å². The summed E-state index contributed by atoms with van der Waals surface area (Å²) < 4.78 is 7.56. The zero-order chi connectivity index (χ0) is 14.7. The number of alkyl halides is 1. The van der Waals surface area contributed by atoms with Gasteiger partial charge in [-0.2, -0.15) is 5.10 Å². The SMILES string of the molecule is CCOC1CC(CC(Br)c2cnn(-c3ccccc3)c2)C1. The molecule has 0 bridgehead atoms. The number of para-hydroxylation sites is 1. The zero-order valence-electron chi connectivity index (χ0n) is 12.3. The van der Waals surface area contributed by atoms with Gasteiger partial charge in [0.25, 0.3) is 0 Å². The number of rotatable bonds is 6. The van der Waals surface area contributed by atoms with Crippen LogP contribution in [-0.2, 0) is 4.74 Å². The minimum atomic E-state index is 0.377. The molecule has 4 heteroatoms. The second-order valence-corrected chi connectivity index (χ2v) is 6.78. The van der Waals surface area contributed by atoms with Crippen molar-refractivity contribution in [2.45, 2.75) is 37.1 Å². The minimum Gasteiger partial charge on any atom is -0.378 e. The Labute approximate surface area is 134 Å². The normalized spacial score (nSPS) is 22.8. The highest BCUT2D eigenvalue weighted by atomic mass is 79.9. The number of aromatic nitrogens is 2. The zero-order valence-corrected chi connectivity index (χ0v) is 13.9. The van der Waals surface area contributed by atoms with E-state index in [9.17, 15) is 0 Å². The molecule has 0 radical (unpaired) electrons. The minimum absolute atomic E-state index is 0.377. The van der Waals surface area contributed by atoms with E-state index in [1.807, 2.05) is 29.1 Å². The van der Waals surface area contributed by atoms with E-state index in [1.54, 1.807) is 0 Å². The van der Waals surface area contributed by atoms with Gasteiger partial charge >= 0.3 is 0 Å². The summed E-state index contributed by atoms with van der Waals surface area (Å²) in [6.07, 6.45) is 8.13. The second-order valence-electron chi connectivity index (χ2n) is 5.67. The highest BCUT2D eigenvalue weighted by Crippen LogP contribution is 2.40. The quantitative estimate of drug-likeness (QED) is 0.718. The third-order valence-electron chi connectivity index (χ3n) is 4.12. The van der Waals surface area contributed by atoms with Crippen molar-refractivity contribution >= 4 is 15.9 Å². The van der Waals surface area contributed by atoms with Crippen molar-refractivity contribution in [3.63, 3.8) is 0 Å². The lowest BCUT2D eigenvalue weighted by Gasteiger charge is -2.35. The fourth-order valence-corrected chi connectivity index (χ4v) is 3.65. The maximum absolute atomic E-state index is 5.63. The van der Waals surface area contributed by atoms with Crippen molar-refractivity contribution in [1.29, 1.82) is 0 Å². The standard InChI is InChI=1S/C17H21BrN2O/c1-2-21-16-8-13(9-16)10-17(18)14-11-19-20(12-14)15-6-4-3-5-7-15/h3-7,11-13,16-17H,2,8-10H2,1H3. The molecule has 1 saturated carbocycles. The topological polar surface area (TPSA) is 27.1 Å². The molecule has 1 fully saturated rings. The van der Waals surface area contributed by atoms with Crippen LogP contribution in [0.4, 0.5) is 0 Å². The summed E-state index contributed by atoms with van der Waals surface area (Å²) in [6, 6.07) is 10.2. The molecule has 1 heterocycles. The molecule has 1 aromatic carbocycles. The van der Waals surface area contributed by atoms with Crippen LogP contribution < -0.4 is 0 Å². The van der Waals surface area contributed by atoms with Crippen LogP contribution in [0.2, 0.25) is 0 Å². The Kier molecular flexibility index (Phi) is 4.76. The first-order valence-electron chi connectivity index (χ1n) is 7.62. The van der Waals surface area contributed by atoms with Gasteiger partial charge in [-0.25, -0.2) is 4.68 Å². The van der Waals surface area contributed by atoms with Gasteiger partial charge in [0.1, 0.15) is 0 Å². The highest BCUT2D eigenvalue weighted by Gasteiger charge is 2.31. The summed E-state index contributed by atoms with van der Waals surface area (Å²) >= 11 is 3.81. The molecule has 112 valence electrons. The van der Waals surface area contributed by atoms with E-state index in [2.05, 4.69) is 46.3 Å². The third-order valence-corrected chi connectivity index (χ3v) is 5.02. The van der Waals surface area contributed by atoms with Crippen molar-refractivity contribution in [3.8, 4) is 5.69 Å². The molecule has 2 aromatic rings. The Morgan fingerprint density at radius 3 is 2.81 bits per heavy atom. The van der Waals surface area contributed by atoms with Gasteiger partial charge in [-0.1, -0.05) is 34.1 Å². The highest BCUT2D eigenvalue weighted by molar-refractivity contribution is 9.09. The molecule has 0 saturated heterocycles. The van der Waals surface area contributed by atoms with Crippen LogP contribution in [-0.4, -0.2) is 22.5 Å². The second kappa shape index (κ2) is 6.75. The Balaban J connectivity index is 1.57. The molecule has 0 amide bonds. The Morgan fingerprint density at radius 1 is 1.33 bits per heavy atom. The average Bonchev–Trinajstić information content (AvgIpc) is 2.96. The molecule has 3 nitrogen and oxygen atoms in total. The van der Waals surface area contributed by atoms with Crippen LogP contribution >= 0.6 is 15.9 Å². The Hall–Kier alpha value is -1.13. The molecule has 0 spiro atoms. The lowest BCUT2D eigenvalue weighted by molar-refractivity contribution is -0.0264. The molecular formula is C17H21BrN2O.